The highest BCUT2D eigenvalue weighted by atomic mass is 19.4. The molecule has 0 aliphatic rings. The maximum atomic E-state index is 13.0. The van der Waals surface area contributed by atoms with E-state index in [2.05, 4.69) is 5.32 Å². The van der Waals surface area contributed by atoms with Gasteiger partial charge in [-0.05, 0) is 6.07 Å². The molecule has 1 aromatic carbocycles. The molecule has 0 aromatic heterocycles. The van der Waals surface area contributed by atoms with Gasteiger partial charge in [-0.1, -0.05) is 0 Å². The van der Waals surface area contributed by atoms with Gasteiger partial charge >= 0.3 is 6.18 Å². The Morgan fingerprint density at radius 2 is 1.95 bits per heavy atom. The summed E-state index contributed by atoms with van der Waals surface area (Å²) >= 11 is 0. The number of hydrogen-bond acceptors (Lipinski definition) is 4. The van der Waals surface area contributed by atoms with Gasteiger partial charge in [0.1, 0.15) is 6.17 Å². The largest absolute Gasteiger partial charge is 0.418 e. The highest BCUT2D eigenvalue weighted by Gasteiger charge is 2.35. The molecular formula is C13H20F3N4O2+. The summed E-state index contributed by atoms with van der Waals surface area (Å²) in [4.78, 5) is 9.75. The summed E-state index contributed by atoms with van der Waals surface area (Å²) < 4.78 is 39.4. The lowest BCUT2D eigenvalue weighted by atomic mass is 10.1. The number of quaternary nitrogens is 1. The van der Waals surface area contributed by atoms with Crippen molar-refractivity contribution in [2.75, 3.05) is 33.0 Å². The predicted molar refractivity (Wildman–Crippen MR) is 77.2 cm³/mol. The quantitative estimate of drug-likeness (QED) is 0.365. The lowest BCUT2D eigenvalue weighted by molar-refractivity contribution is -0.895. The van der Waals surface area contributed by atoms with Crippen LogP contribution >= 0.6 is 0 Å². The fourth-order valence-electron chi connectivity index (χ4n) is 1.78. The highest BCUT2D eigenvalue weighted by molar-refractivity contribution is 5.57. The second-order valence-electron chi connectivity index (χ2n) is 5.88. The number of halogens is 3. The Bertz CT molecular complexity index is 541. The smallest absolute Gasteiger partial charge is 0.384 e. The number of anilines is 1. The summed E-state index contributed by atoms with van der Waals surface area (Å²) in [6.45, 7) is 0.234. The number of nitrogens with zero attached hydrogens (tertiary/aromatic N) is 2. The first kappa shape index (κ1) is 18.2. The topological polar surface area (TPSA) is 81.2 Å². The van der Waals surface area contributed by atoms with Gasteiger partial charge in [-0.15, -0.1) is 0 Å². The molecule has 0 amide bonds. The van der Waals surface area contributed by atoms with Crippen LogP contribution in [0.3, 0.4) is 0 Å². The standard InChI is InChI=1S/C13H20F3N4O2/c1-20(2,3)12(17)6-7-18-11-5-4-9(19(21)22)8-10(11)13(14,15)16/h4-5,8,12,18H,6-7,17H2,1-3H3/q+1. The van der Waals surface area contributed by atoms with E-state index >= 15 is 0 Å². The molecule has 0 aliphatic heterocycles. The van der Waals surface area contributed by atoms with E-state index in [4.69, 9.17) is 5.73 Å². The van der Waals surface area contributed by atoms with Crippen LogP contribution in [0.25, 0.3) is 0 Å². The van der Waals surface area contributed by atoms with Gasteiger partial charge in [-0.25, -0.2) is 0 Å². The van der Waals surface area contributed by atoms with Crippen molar-refractivity contribution in [3.63, 3.8) is 0 Å². The molecule has 0 aliphatic carbocycles. The second-order valence-corrected chi connectivity index (χ2v) is 5.88. The van der Waals surface area contributed by atoms with Gasteiger partial charge in [0.2, 0.25) is 0 Å². The number of nitro groups is 1. The third-order valence-corrected chi connectivity index (χ3v) is 3.27. The number of nitro benzene ring substituents is 1. The monoisotopic (exact) mass is 321 g/mol. The number of non-ortho nitro benzene ring substituents is 1. The zero-order chi connectivity index (χ0) is 17.1. The lowest BCUT2D eigenvalue weighted by Gasteiger charge is -2.31. The first-order valence-corrected chi connectivity index (χ1v) is 6.59. The average molecular weight is 321 g/mol. The molecule has 1 atom stereocenters. The Morgan fingerprint density at radius 1 is 1.36 bits per heavy atom. The normalized spacial score (nSPS) is 13.8. The van der Waals surface area contributed by atoms with Crippen LogP contribution in [-0.2, 0) is 6.18 Å². The molecule has 0 radical (unpaired) electrons. The SMILES string of the molecule is C[N+](C)(C)C(N)CCNc1ccc([N+](=O)[O-])cc1C(F)(F)F. The van der Waals surface area contributed by atoms with E-state index in [0.29, 0.717) is 17.0 Å². The van der Waals surface area contributed by atoms with E-state index in [0.717, 1.165) is 12.1 Å². The fraction of sp³-hybridized carbons (Fsp3) is 0.538. The summed E-state index contributed by atoms with van der Waals surface area (Å²) in [5.74, 6) is 0. The van der Waals surface area contributed by atoms with Gasteiger partial charge in [-0.2, -0.15) is 13.2 Å². The van der Waals surface area contributed by atoms with Crippen molar-refractivity contribution in [3.05, 3.63) is 33.9 Å². The molecule has 9 heteroatoms. The predicted octanol–water partition coefficient (Wildman–Crippen LogP) is 2.41. The Kier molecular flexibility index (Phi) is 5.36. The Hall–Kier alpha value is -1.87. The molecule has 0 bridgehead atoms. The maximum absolute atomic E-state index is 13.0. The van der Waals surface area contributed by atoms with E-state index < -0.39 is 22.4 Å². The van der Waals surface area contributed by atoms with Gasteiger partial charge in [0, 0.05) is 30.8 Å². The Balaban J connectivity index is 2.89. The molecule has 124 valence electrons. The molecule has 0 saturated carbocycles. The van der Waals surface area contributed by atoms with Gasteiger partial charge in [0.25, 0.3) is 5.69 Å². The molecule has 22 heavy (non-hydrogen) atoms. The Labute approximate surface area is 126 Å². The fourth-order valence-corrected chi connectivity index (χ4v) is 1.78. The van der Waals surface area contributed by atoms with Crippen molar-refractivity contribution in [2.24, 2.45) is 5.73 Å². The van der Waals surface area contributed by atoms with Crippen LogP contribution in [0, 0.1) is 10.1 Å². The van der Waals surface area contributed by atoms with Gasteiger partial charge < -0.3 is 9.80 Å². The molecule has 1 rings (SSSR count). The number of nitrogens with one attached hydrogen (secondary N) is 1. The van der Waals surface area contributed by atoms with Gasteiger partial charge in [0.15, 0.2) is 0 Å². The van der Waals surface area contributed by atoms with Crippen molar-refractivity contribution < 1.29 is 22.6 Å². The summed E-state index contributed by atoms with van der Waals surface area (Å²) in [5, 5.41) is 13.3. The summed E-state index contributed by atoms with van der Waals surface area (Å²) in [6.07, 6.45) is -4.45. The van der Waals surface area contributed by atoms with Crippen LogP contribution in [0.1, 0.15) is 12.0 Å². The molecule has 0 heterocycles. The lowest BCUT2D eigenvalue weighted by Crippen LogP contribution is -2.51. The van der Waals surface area contributed by atoms with Crippen molar-refractivity contribution in [1.82, 2.24) is 0 Å². The average Bonchev–Trinajstić information content (AvgIpc) is 2.36. The number of rotatable bonds is 6. The zero-order valence-corrected chi connectivity index (χ0v) is 12.6. The van der Waals surface area contributed by atoms with Gasteiger partial charge in [-0.3, -0.25) is 15.8 Å². The minimum atomic E-state index is -4.67. The van der Waals surface area contributed by atoms with Crippen molar-refractivity contribution in [3.8, 4) is 0 Å². The number of alkyl halides is 3. The van der Waals surface area contributed by atoms with E-state index in [1.165, 1.54) is 0 Å². The van der Waals surface area contributed by atoms with Crippen LogP contribution in [0.15, 0.2) is 18.2 Å². The van der Waals surface area contributed by atoms with Crippen LogP contribution < -0.4 is 11.1 Å². The Morgan fingerprint density at radius 3 is 2.41 bits per heavy atom. The molecule has 1 aromatic rings. The van der Waals surface area contributed by atoms with Crippen molar-refractivity contribution in [2.45, 2.75) is 18.8 Å². The van der Waals surface area contributed by atoms with Crippen molar-refractivity contribution in [1.29, 1.82) is 0 Å². The number of benzene rings is 1. The van der Waals surface area contributed by atoms with Crippen LogP contribution in [0.4, 0.5) is 24.5 Å². The summed E-state index contributed by atoms with van der Waals surface area (Å²) in [5.41, 5.74) is 4.08. The van der Waals surface area contributed by atoms with E-state index in [9.17, 15) is 23.3 Å². The number of hydrogen-bond donors (Lipinski definition) is 2. The minimum Gasteiger partial charge on any atom is -0.384 e. The zero-order valence-electron chi connectivity index (χ0n) is 12.6. The third-order valence-electron chi connectivity index (χ3n) is 3.27. The summed E-state index contributed by atoms with van der Waals surface area (Å²) in [7, 11) is 5.66. The van der Waals surface area contributed by atoms with E-state index in [-0.39, 0.29) is 18.4 Å². The highest BCUT2D eigenvalue weighted by Crippen LogP contribution is 2.37. The second kappa shape index (κ2) is 6.49. The van der Waals surface area contributed by atoms with Crippen LogP contribution in [0.5, 0.6) is 0 Å². The van der Waals surface area contributed by atoms with Crippen molar-refractivity contribution >= 4 is 11.4 Å². The molecule has 0 fully saturated rings. The molecule has 6 nitrogen and oxygen atoms in total. The van der Waals surface area contributed by atoms with Crippen LogP contribution in [-0.4, -0.2) is 43.3 Å². The number of nitrogens with two attached hydrogens (primary N) is 1. The van der Waals surface area contributed by atoms with Crippen LogP contribution in [0.2, 0.25) is 0 Å². The molecule has 0 spiro atoms. The van der Waals surface area contributed by atoms with Gasteiger partial charge in [0.05, 0.1) is 31.6 Å². The van der Waals surface area contributed by atoms with E-state index in [1.807, 2.05) is 21.1 Å². The summed E-state index contributed by atoms with van der Waals surface area (Å²) in [6, 6.07) is 2.64. The first-order valence-electron chi connectivity index (χ1n) is 6.59. The minimum absolute atomic E-state index is 0.188. The molecular weight excluding hydrogens is 301 g/mol. The first-order chi connectivity index (χ1) is 9.93. The molecule has 3 N–H and O–H groups in total. The third kappa shape index (κ3) is 4.85. The van der Waals surface area contributed by atoms with E-state index in [1.54, 1.807) is 0 Å². The maximum Gasteiger partial charge on any atom is 0.418 e. The molecule has 1 unspecified atom stereocenters. The molecule has 0 saturated heterocycles.